The van der Waals surface area contributed by atoms with Gasteiger partial charge in [0, 0.05) is 31.3 Å². The molecule has 92 valence electrons. The molecule has 0 spiro atoms. The lowest BCUT2D eigenvalue weighted by Crippen LogP contribution is -2.49. The summed E-state index contributed by atoms with van der Waals surface area (Å²) >= 11 is 0. The Morgan fingerprint density at radius 3 is 2.81 bits per heavy atom. The number of hydrogen-bond donors (Lipinski definition) is 1. The van der Waals surface area contributed by atoms with Gasteiger partial charge in [-0.2, -0.15) is 0 Å². The fraction of sp³-hybridized carbons (Fsp3) is 1.00. The van der Waals surface area contributed by atoms with Crippen LogP contribution in [0.4, 0.5) is 0 Å². The Kier molecular flexibility index (Phi) is 3.18. The molecule has 0 aliphatic carbocycles. The van der Waals surface area contributed by atoms with Gasteiger partial charge in [-0.3, -0.25) is 4.90 Å². The van der Waals surface area contributed by atoms with E-state index >= 15 is 0 Å². The van der Waals surface area contributed by atoms with Gasteiger partial charge in [0.1, 0.15) is 0 Å². The second-order valence-corrected chi connectivity index (χ2v) is 5.63. The molecule has 3 nitrogen and oxygen atoms in total. The standard InChI is InChI=1S/C13H24N2O/c1-10-11(6-9-16-10)14-12-5-8-15-7-3-2-4-13(12)15/h10-14H,2-9H2,1H3. The molecule has 0 saturated carbocycles. The van der Waals surface area contributed by atoms with Crippen molar-refractivity contribution in [2.24, 2.45) is 0 Å². The van der Waals surface area contributed by atoms with Crippen molar-refractivity contribution in [3.63, 3.8) is 0 Å². The highest BCUT2D eigenvalue weighted by atomic mass is 16.5. The van der Waals surface area contributed by atoms with Crippen LogP contribution in [0.1, 0.15) is 39.0 Å². The summed E-state index contributed by atoms with van der Waals surface area (Å²) in [4.78, 5) is 2.70. The summed E-state index contributed by atoms with van der Waals surface area (Å²) in [6, 6.07) is 2.16. The molecule has 3 heterocycles. The first-order chi connectivity index (χ1) is 7.84. The highest BCUT2D eigenvalue weighted by molar-refractivity contribution is 4.96. The monoisotopic (exact) mass is 224 g/mol. The molecule has 4 atom stereocenters. The molecule has 0 amide bonds. The van der Waals surface area contributed by atoms with Gasteiger partial charge in [-0.25, -0.2) is 0 Å². The van der Waals surface area contributed by atoms with Crippen LogP contribution in [0.2, 0.25) is 0 Å². The number of rotatable bonds is 2. The van der Waals surface area contributed by atoms with Gasteiger partial charge in [-0.05, 0) is 39.2 Å². The maximum Gasteiger partial charge on any atom is 0.0700 e. The zero-order valence-corrected chi connectivity index (χ0v) is 10.3. The minimum absolute atomic E-state index is 0.414. The van der Waals surface area contributed by atoms with Crippen molar-refractivity contribution in [1.82, 2.24) is 10.2 Å². The van der Waals surface area contributed by atoms with Crippen LogP contribution in [-0.2, 0) is 4.74 Å². The second kappa shape index (κ2) is 4.63. The first-order valence-electron chi connectivity index (χ1n) is 6.96. The molecular weight excluding hydrogens is 200 g/mol. The van der Waals surface area contributed by atoms with Crippen molar-refractivity contribution in [2.45, 2.75) is 63.3 Å². The number of fused-ring (bicyclic) bond motifs is 1. The summed E-state index contributed by atoms with van der Waals surface area (Å²) in [5.41, 5.74) is 0. The van der Waals surface area contributed by atoms with Gasteiger partial charge in [0.2, 0.25) is 0 Å². The molecule has 3 saturated heterocycles. The molecule has 4 unspecified atom stereocenters. The van der Waals surface area contributed by atoms with Crippen LogP contribution in [-0.4, -0.2) is 48.8 Å². The zero-order chi connectivity index (χ0) is 11.0. The minimum atomic E-state index is 0.414. The van der Waals surface area contributed by atoms with E-state index in [2.05, 4.69) is 17.1 Å². The summed E-state index contributed by atoms with van der Waals surface area (Å²) in [5.74, 6) is 0. The average molecular weight is 224 g/mol. The molecule has 0 bridgehead atoms. The maximum atomic E-state index is 5.64. The van der Waals surface area contributed by atoms with Gasteiger partial charge in [-0.15, -0.1) is 0 Å². The first kappa shape index (κ1) is 11.0. The van der Waals surface area contributed by atoms with Crippen LogP contribution in [0.5, 0.6) is 0 Å². The SMILES string of the molecule is CC1OCCC1NC1CCN2CCCCC12. The molecule has 16 heavy (non-hydrogen) atoms. The quantitative estimate of drug-likeness (QED) is 0.767. The summed E-state index contributed by atoms with van der Waals surface area (Å²) in [6.45, 7) is 5.79. The van der Waals surface area contributed by atoms with Gasteiger partial charge in [0.25, 0.3) is 0 Å². The van der Waals surface area contributed by atoms with Gasteiger partial charge in [-0.1, -0.05) is 6.42 Å². The number of nitrogens with zero attached hydrogens (tertiary/aromatic N) is 1. The van der Waals surface area contributed by atoms with E-state index in [1.165, 1.54) is 45.2 Å². The van der Waals surface area contributed by atoms with Crippen LogP contribution < -0.4 is 5.32 Å². The molecule has 3 heteroatoms. The average Bonchev–Trinajstić information content (AvgIpc) is 2.88. The Balaban J connectivity index is 1.58. The van der Waals surface area contributed by atoms with Crippen molar-refractivity contribution in [3.05, 3.63) is 0 Å². The number of ether oxygens (including phenoxy) is 1. The summed E-state index contributed by atoms with van der Waals surface area (Å²) in [6.07, 6.45) is 7.19. The van der Waals surface area contributed by atoms with E-state index in [1.54, 1.807) is 0 Å². The van der Waals surface area contributed by atoms with Gasteiger partial charge < -0.3 is 10.1 Å². The fourth-order valence-electron chi connectivity index (χ4n) is 3.67. The smallest absolute Gasteiger partial charge is 0.0700 e. The van der Waals surface area contributed by atoms with E-state index in [9.17, 15) is 0 Å². The fourth-order valence-corrected chi connectivity index (χ4v) is 3.67. The molecular formula is C13H24N2O. The number of hydrogen-bond acceptors (Lipinski definition) is 3. The van der Waals surface area contributed by atoms with Crippen LogP contribution in [0.3, 0.4) is 0 Å². The molecule has 0 radical (unpaired) electrons. The summed E-state index contributed by atoms with van der Waals surface area (Å²) in [7, 11) is 0. The van der Waals surface area contributed by atoms with E-state index < -0.39 is 0 Å². The molecule has 0 aromatic carbocycles. The lowest BCUT2D eigenvalue weighted by molar-refractivity contribution is 0.107. The Morgan fingerprint density at radius 2 is 2.00 bits per heavy atom. The Labute approximate surface area is 98.5 Å². The zero-order valence-electron chi connectivity index (χ0n) is 10.3. The third-order valence-corrected chi connectivity index (χ3v) is 4.66. The predicted molar refractivity (Wildman–Crippen MR) is 64.6 cm³/mol. The minimum Gasteiger partial charge on any atom is -0.377 e. The van der Waals surface area contributed by atoms with Gasteiger partial charge in [0.05, 0.1) is 6.10 Å². The molecule has 3 aliphatic heterocycles. The van der Waals surface area contributed by atoms with E-state index in [-0.39, 0.29) is 0 Å². The number of piperidine rings is 1. The molecule has 0 aromatic heterocycles. The Bertz CT molecular complexity index is 246. The summed E-state index contributed by atoms with van der Waals surface area (Å²) < 4.78 is 5.64. The Hall–Kier alpha value is -0.120. The molecule has 3 fully saturated rings. The van der Waals surface area contributed by atoms with Crippen LogP contribution in [0.25, 0.3) is 0 Å². The molecule has 1 N–H and O–H groups in total. The maximum absolute atomic E-state index is 5.64. The normalized spacial score (nSPS) is 44.8. The van der Waals surface area contributed by atoms with Crippen LogP contribution in [0, 0.1) is 0 Å². The lowest BCUT2D eigenvalue weighted by atomic mass is 9.97. The van der Waals surface area contributed by atoms with Crippen molar-refractivity contribution in [1.29, 1.82) is 0 Å². The van der Waals surface area contributed by atoms with E-state index in [0.717, 1.165) is 18.7 Å². The van der Waals surface area contributed by atoms with Crippen molar-refractivity contribution >= 4 is 0 Å². The molecule has 3 aliphatic rings. The van der Waals surface area contributed by atoms with Crippen LogP contribution >= 0.6 is 0 Å². The topological polar surface area (TPSA) is 24.5 Å². The summed E-state index contributed by atoms with van der Waals surface area (Å²) in [5, 5.41) is 3.86. The molecule has 3 rings (SSSR count). The van der Waals surface area contributed by atoms with Crippen molar-refractivity contribution in [3.8, 4) is 0 Å². The largest absolute Gasteiger partial charge is 0.377 e. The highest BCUT2D eigenvalue weighted by Crippen LogP contribution is 2.28. The van der Waals surface area contributed by atoms with Gasteiger partial charge >= 0.3 is 0 Å². The third-order valence-electron chi connectivity index (χ3n) is 4.66. The second-order valence-electron chi connectivity index (χ2n) is 5.63. The van der Waals surface area contributed by atoms with Crippen LogP contribution in [0.15, 0.2) is 0 Å². The van der Waals surface area contributed by atoms with Crippen molar-refractivity contribution < 1.29 is 4.74 Å². The number of nitrogens with one attached hydrogen (secondary N) is 1. The van der Waals surface area contributed by atoms with E-state index in [1.807, 2.05) is 0 Å². The highest BCUT2D eigenvalue weighted by Gasteiger charge is 2.37. The van der Waals surface area contributed by atoms with E-state index in [0.29, 0.717) is 12.1 Å². The Morgan fingerprint density at radius 1 is 1.06 bits per heavy atom. The van der Waals surface area contributed by atoms with Gasteiger partial charge in [0.15, 0.2) is 0 Å². The first-order valence-corrected chi connectivity index (χ1v) is 6.96. The lowest BCUT2D eigenvalue weighted by Gasteiger charge is -2.34. The molecule has 0 aromatic rings. The van der Waals surface area contributed by atoms with E-state index in [4.69, 9.17) is 4.74 Å². The van der Waals surface area contributed by atoms with Crippen molar-refractivity contribution in [2.75, 3.05) is 19.7 Å². The predicted octanol–water partition coefficient (Wildman–Crippen LogP) is 1.38. The third kappa shape index (κ3) is 2.01.